The quantitative estimate of drug-likeness (QED) is 0.748. The molecule has 0 radical (unpaired) electrons. The van der Waals surface area contributed by atoms with Crippen LogP contribution < -0.4 is 4.18 Å². The van der Waals surface area contributed by atoms with E-state index in [4.69, 9.17) is 4.18 Å². The Balaban J connectivity index is 2.67. The SMILES string of the molecule is Cc1nccc2c(OS(C)(=O)=O)cccc12. The molecule has 0 bridgehead atoms. The maximum Gasteiger partial charge on any atom is 0.306 e. The fourth-order valence-corrected chi connectivity index (χ4v) is 2.03. The zero-order chi connectivity index (χ0) is 11.8. The lowest BCUT2D eigenvalue weighted by atomic mass is 10.1. The summed E-state index contributed by atoms with van der Waals surface area (Å²) in [4.78, 5) is 4.14. The Bertz CT molecular complexity index is 635. The minimum absolute atomic E-state index is 0.338. The summed E-state index contributed by atoms with van der Waals surface area (Å²) in [6.07, 6.45) is 2.66. The normalized spacial score (nSPS) is 11.6. The molecule has 2 aromatic rings. The predicted octanol–water partition coefficient (Wildman–Crippen LogP) is 1.88. The van der Waals surface area contributed by atoms with Crippen LogP contribution in [0.1, 0.15) is 5.69 Å². The molecule has 16 heavy (non-hydrogen) atoms. The van der Waals surface area contributed by atoms with Gasteiger partial charge in [0.1, 0.15) is 0 Å². The second kappa shape index (κ2) is 3.75. The maximum absolute atomic E-state index is 11.1. The topological polar surface area (TPSA) is 56.3 Å². The second-order valence-electron chi connectivity index (χ2n) is 3.54. The van der Waals surface area contributed by atoms with Crippen molar-refractivity contribution < 1.29 is 12.6 Å². The molecule has 0 fully saturated rings. The van der Waals surface area contributed by atoms with Crippen LogP contribution in [-0.2, 0) is 10.1 Å². The molecule has 0 unspecified atom stereocenters. The summed E-state index contributed by atoms with van der Waals surface area (Å²) in [5.74, 6) is 0.338. The predicted molar refractivity (Wildman–Crippen MR) is 62.0 cm³/mol. The van der Waals surface area contributed by atoms with Crippen molar-refractivity contribution in [2.45, 2.75) is 6.92 Å². The summed E-state index contributed by atoms with van der Waals surface area (Å²) in [7, 11) is -3.50. The molecule has 0 saturated heterocycles. The minimum Gasteiger partial charge on any atom is -0.382 e. The van der Waals surface area contributed by atoms with Crippen molar-refractivity contribution in [3.63, 3.8) is 0 Å². The van der Waals surface area contributed by atoms with Crippen molar-refractivity contribution >= 4 is 20.9 Å². The molecular formula is C11H11NO3S. The van der Waals surface area contributed by atoms with E-state index in [1.54, 1.807) is 24.4 Å². The van der Waals surface area contributed by atoms with Crippen molar-refractivity contribution in [2.24, 2.45) is 0 Å². The molecule has 0 amide bonds. The van der Waals surface area contributed by atoms with Gasteiger partial charge >= 0.3 is 10.1 Å². The van der Waals surface area contributed by atoms with E-state index >= 15 is 0 Å². The van der Waals surface area contributed by atoms with Crippen LogP contribution in [0.25, 0.3) is 10.8 Å². The lowest BCUT2D eigenvalue weighted by Crippen LogP contribution is -2.06. The average molecular weight is 237 g/mol. The van der Waals surface area contributed by atoms with Crippen LogP contribution in [0.2, 0.25) is 0 Å². The highest BCUT2D eigenvalue weighted by atomic mass is 32.2. The van der Waals surface area contributed by atoms with E-state index in [1.165, 1.54) is 0 Å². The monoisotopic (exact) mass is 237 g/mol. The van der Waals surface area contributed by atoms with Gasteiger partial charge < -0.3 is 4.18 Å². The van der Waals surface area contributed by atoms with Crippen LogP contribution in [-0.4, -0.2) is 19.7 Å². The number of aromatic nitrogens is 1. The fourth-order valence-electron chi connectivity index (χ4n) is 1.56. The smallest absolute Gasteiger partial charge is 0.306 e. The van der Waals surface area contributed by atoms with Crippen molar-refractivity contribution in [1.29, 1.82) is 0 Å². The number of rotatable bonds is 2. The number of aryl methyl sites for hydroxylation is 1. The van der Waals surface area contributed by atoms with Crippen molar-refractivity contribution in [3.8, 4) is 5.75 Å². The van der Waals surface area contributed by atoms with E-state index in [9.17, 15) is 8.42 Å². The maximum atomic E-state index is 11.1. The van der Waals surface area contributed by atoms with E-state index in [2.05, 4.69) is 4.98 Å². The fraction of sp³-hybridized carbons (Fsp3) is 0.182. The standard InChI is InChI=1S/C11H11NO3S/c1-8-9-4-3-5-11(15-16(2,13)14)10(9)6-7-12-8/h3-7H,1-2H3. The Labute approximate surface area is 94.0 Å². The molecule has 0 atom stereocenters. The first-order valence-electron chi connectivity index (χ1n) is 4.71. The molecule has 4 nitrogen and oxygen atoms in total. The number of fused-ring (bicyclic) bond motifs is 1. The number of hydrogen-bond donors (Lipinski definition) is 0. The van der Waals surface area contributed by atoms with Crippen LogP contribution >= 0.6 is 0 Å². The molecule has 0 aliphatic carbocycles. The lowest BCUT2D eigenvalue weighted by Gasteiger charge is -2.07. The summed E-state index contributed by atoms with van der Waals surface area (Å²) in [6.45, 7) is 1.87. The molecule has 0 aliphatic rings. The van der Waals surface area contributed by atoms with Gasteiger partial charge in [0.05, 0.1) is 6.26 Å². The van der Waals surface area contributed by atoms with Crippen molar-refractivity contribution in [1.82, 2.24) is 4.98 Å². The minimum atomic E-state index is -3.50. The first kappa shape index (κ1) is 10.9. The number of benzene rings is 1. The molecule has 84 valence electrons. The highest BCUT2D eigenvalue weighted by Crippen LogP contribution is 2.27. The largest absolute Gasteiger partial charge is 0.382 e. The van der Waals surface area contributed by atoms with Gasteiger partial charge in [-0.1, -0.05) is 12.1 Å². The Hall–Kier alpha value is -1.62. The molecule has 1 aromatic carbocycles. The Kier molecular flexibility index (Phi) is 2.55. The third-order valence-electron chi connectivity index (χ3n) is 2.21. The average Bonchev–Trinajstić information content (AvgIpc) is 2.17. The van der Waals surface area contributed by atoms with Gasteiger partial charge in [0.25, 0.3) is 0 Å². The van der Waals surface area contributed by atoms with Gasteiger partial charge in [0.2, 0.25) is 0 Å². The highest BCUT2D eigenvalue weighted by molar-refractivity contribution is 7.86. The molecule has 1 aromatic heterocycles. The Morgan fingerprint density at radius 3 is 2.62 bits per heavy atom. The molecule has 0 aliphatic heterocycles. The number of nitrogens with zero attached hydrogens (tertiary/aromatic N) is 1. The van der Waals surface area contributed by atoms with Crippen LogP contribution in [0.4, 0.5) is 0 Å². The molecular weight excluding hydrogens is 226 g/mol. The Morgan fingerprint density at radius 1 is 1.19 bits per heavy atom. The van der Waals surface area contributed by atoms with Crippen LogP contribution in [0.3, 0.4) is 0 Å². The Morgan fingerprint density at radius 2 is 1.94 bits per heavy atom. The van der Waals surface area contributed by atoms with Crippen molar-refractivity contribution in [2.75, 3.05) is 6.26 Å². The first-order valence-corrected chi connectivity index (χ1v) is 6.53. The molecule has 1 heterocycles. The van der Waals surface area contributed by atoms with Gasteiger partial charge in [-0.05, 0) is 19.1 Å². The van der Waals surface area contributed by atoms with Gasteiger partial charge in [-0.2, -0.15) is 8.42 Å². The summed E-state index contributed by atoms with van der Waals surface area (Å²) in [5, 5.41) is 1.64. The highest BCUT2D eigenvalue weighted by Gasteiger charge is 2.09. The van der Waals surface area contributed by atoms with Gasteiger partial charge in [0.15, 0.2) is 5.75 Å². The van der Waals surface area contributed by atoms with Crippen LogP contribution in [0.15, 0.2) is 30.5 Å². The van der Waals surface area contributed by atoms with Gasteiger partial charge in [-0.3, -0.25) is 4.98 Å². The molecule has 5 heteroatoms. The van der Waals surface area contributed by atoms with E-state index in [-0.39, 0.29) is 0 Å². The summed E-state index contributed by atoms with van der Waals surface area (Å²) in [6, 6.07) is 7.00. The van der Waals surface area contributed by atoms with Crippen LogP contribution in [0, 0.1) is 6.92 Å². The molecule has 0 N–H and O–H groups in total. The van der Waals surface area contributed by atoms with E-state index < -0.39 is 10.1 Å². The zero-order valence-electron chi connectivity index (χ0n) is 8.97. The molecule has 2 rings (SSSR count). The first-order chi connectivity index (χ1) is 7.47. The lowest BCUT2D eigenvalue weighted by molar-refractivity contribution is 0.495. The van der Waals surface area contributed by atoms with Crippen molar-refractivity contribution in [3.05, 3.63) is 36.2 Å². The van der Waals surface area contributed by atoms with E-state index in [1.807, 2.05) is 13.0 Å². The summed E-state index contributed by atoms with van der Waals surface area (Å²) < 4.78 is 27.1. The zero-order valence-corrected chi connectivity index (χ0v) is 9.78. The third-order valence-corrected chi connectivity index (χ3v) is 2.69. The third kappa shape index (κ3) is 2.14. The van der Waals surface area contributed by atoms with E-state index in [0.29, 0.717) is 5.75 Å². The number of hydrogen-bond acceptors (Lipinski definition) is 4. The van der Waals surface area contributed by atoms with Crippen LogP contribution in [0.5, 0.6) is 5.75 Å². The molecule has 0 saturated carbocycles. The second-order valence-corrected chi connectivity index (χ2v) is 5.11. The summed E-state index contributed by atoms with van der Waals surface area (Å²) in [5.41, 5.74) is 0.844. The van der Waals surface area contributed by atoms with Gasteiger partial charge in [-0.25, -0.2) is 0 Å². The van der Waals surface area contributed by atoms with Gasteiger partial charge in [0, 0.05) is 22.7 Å². The summed E-state index contributed by atoms with van der Waals surface area (Å²) >= 11 is 0. The van der Waals surface area contributed by atoms with E-state index in [0.717, 1.165) is 22.7 Å². The van der Waals surface area contributed by atoms with Gasteiger partial charge in [-0.15, -0.1) is 0 Å². The molecule has 0 spiro atoms. The number of pyridine rings is 1.